The van der Waals surface area contributed by atoms with Gasteiger partial charge in [-0.1, -0.05) is 13.0 Å². The van der Waals surface area contributed by atoms with Gasteiger partial charge in [0.15, 0.2) is 6.23 Å². The van der Waals surface area contributed by atoms with Crippen molar-refractivity contribution in [2.24, 2.45) is 0 Å². The van der Waals surface area contributed by atoms with Crippen LogP contribution in [0.4, 0.5) is 4.39 Å². The van der Waals surface area contributed by atoms with Gasteiger partial charge in [-0.2, -0.15) is 0 Å². The van der Waals surface area contributed by atoms with Crippen molar-refractivity contribution in [2.75, 3.05) is 6.54 Å². The number of fused-ring (bicyclic) bond motifs is 1. The van der Waals surface area contributed by atoms with E-state index >= 15 is 0 Å². The summed E-state index contributed by atoms with van der Waals surface area (Å²) in [5, 5.41) is 3.17. The quantitative estimate of drug-likeness (QED) is 0.749. The molecule has 0 saturated heterocycles. The van der Waals surface area contributed by atoms with Crippen LogP contribution in [0.15, 0.2) is 18.2 Å². The van der Waals surface area contributed by atoms with Gasteiger partial charge in [0.1, 0.15) is 11.6 Å². The van der Waals surface area contributed by atoms with Crippen molar-refractivity contribution < 1.29 is 9.13 Å². The third-order valence-corrected chi connectivity index (χ3v) is 2.14. The number of benzene rings is 1. The van der Waals surface area contributed by atoms with Crippen molar-refractivity contribution in [3.63, 3.8) is 0 Å². The van der Waals surface area contributed by atoms with Gasteiger partial charge in [-0.15, -0.1) is 0 Å². The Labute approximate surface area is 76.7 Å². The van der Waals surface area contributed by atoms with E-state index in [2.05, 4.69) is 5.32 Å². The molecule has 1 aliphatic rings. The number of nitrogens with one attached hydrogen (secondary N) is 1. The van der Waals surface area contributed by atoms with Crippen molar-refractivity contribution in [1.82, 2.24) is 5.32 Å². The van der Waals surface area contributed by atoms with Crippen molar-refractivity contribution in [2.45, 2.75) is 19.6 Å². The normalized spacial score (nSPS) is 19.7. The Morgan fingerprint density at radius 1 is 1.62 bits per heavy atom. The van der Waals surface area contributed by atoms with Gasteiger partial charge >= 0.3 is 0 Å². The minimum absolute atomic E-state index is 0.0156. The van der Waals surface area contributed by atoms with Crippen LogP contribution in [0.1, 0.15) is 12.5 Å². The molecule has 1 aromatic rings. The topological polar surface area (TPSA) is 21.3 Å². The second-order valence-corrected chi connectivity index (χ2v) is 3.12. The van der Waals surface area contributed by atoms with E-state index in [1.807, 2.05) is 6.92 Å². The average molecular weight is 181 g/mol. The maximum atomic E-state index is 12.8. The maximum Gasteiger partial charge on any atom is 0.154 e. The lowest BCUT2D eigenvalue weighted by molar-refractivity contribution is 0.194. The Balaban J connectivity index is 2.16. The molecular weight excluding hydrogens is 169 g/mol. The van der Waals surface area contributed by atoms with Crippen LogP contribution in [0.3, 0.4) is 0 Å². The van der Waals surface area contributed by atoms with Gasteiger partial charge in [-0.3, -0.25) is 5.32 Å². The minimum atomic E-state index is -0.240. The van der Waals surface area contributed by atoms with Crippen molar-refractivity contribution in [1.29, 1.82) is 0 Å². The molecule has 1 unspecified atom stereocenters. The number of ether oxygens (including phenoxy) is 1. The van der Waals surface area contributed by atoms with Crippen molar-refractivity contribution in [3.8, 4) is 5.75 Å². The van der Waals surface area contributed by atoms with E-state index in [0.29, 0.717) is 5.75 Å². The summed E-state index contributed by atoms with van der Waals surface area (Å²) in [4.78, 5) is 0. The van der Waals surface area contributed by atoms with E-state index in [-0.39, 0.29) is 12.0 Å². The van der Waals surface area contributed by atoms with E-state index in [1.54, 1.807) is 6.07 Å². The highest BCUT2D eigenvalue weighted by Gasteiger charge is 2.21. The van der Waals surface area contributed by atoms with Gasteiger partial charge in [-0.05, 0) is 18.2 Å². The molecule has 3 heteroatoms. The molecule has 1 aromatic carbocycles. The van der Waals surface area contributed by atoms with Crippen molar-refractivity contribution >= 4 is 0 Å². The molecule has 70 valence electrons. The van der Waals surface area contributed by atoms with E-state index in [1.165, 1.54) is 12.1 Å². The fourth-order valence-electron chi connectivity index (χ4n) is 1.54. The first-order valence-corrected chi connectivity index (χ1v) is 4.48. The number of rotatable bonds is 2. The molecule has 0 aliphatic carbocycles. The molecule has 1 heterocycles. The first-order chi connectivity index (χ1) is 6.29. The first kappa shape index (κ1) is 8.51. The van der Waals surface area contributed by atoms with Crippen LogP contribution in [0.25, 0.3) is 0 Å². The lowest BCUT2D eigenvalue weighted by Crippen LogP contribution is -2.32. The number of halogens is 1. The van der Waals surface area contributed by atoms with E-state index in [0.717, 1.165) is 18.5 Å². The molecule has 1 aliphatic heterocycles. The monoisotopic (exact) mass is 181 g/mol. The maximum absolute atomic E-state index is 12.8. The Hall–Kier alpha value is -1.09. The number of hydrogen-bond acceptors (Lipinski definition) is 2. The highest BCUT2D eigenvalue weighted by molar-refractivity contribution is 5.37. The van der Waals surface area contributed by atoms with Crippen molar-refractivity contribution in [3.05, 3.63) is 29.6 Å². The molecule has 1 N–H and O–H groups in total. The molecular formula is C10H12FNO. The first-order valence-electron chi connectivity index (χ1n) is 4.48. The molecule has 0 spiro atoms. The predicted molar refractivity (Wildman–Crippen MR) is 48.2 cm³/mol. The van der Waals surface area contributed by atoms with Crippen LogP contribution < -0.4 is 10.1 Å². The minimum Gasteiger partial charge on any atom is -0.475 e. The van der Waals surface area contributed by atoms with Gasteiger partial charge in [0.2, 0.25) is 0 Å². The van der Waals surface area contributed by atoms with Gasteiger partial charge in [0.05, 0.1) is 0 Å². The molecule has 13 heavy (non-hydrogen) atoms. The summed E-state index contributed by atoms with van der Waals surface area (Å²) in [6.45, 7) is 2.88. The van der Waals surface area contributed by atoms with E-state index < -0.39 is 0 Å². The molecule has 0 saturated carbocycles. The molecule has 0 bridgehead atoms. The van der Waals surface area contributed by atoms with Gasteiger partial charge in [-0.25, -0.2) is 4.39 Å². The van der Waals surface area contributed by atoms with E-state index in [9.17, 15) is 4.39 Å². The SMILES string of the molecule is CCNC1Cc2ccc(F)cc2O1. The summed E-state index contributed by atoms with van der Waals surface area (Å²) in [6.07, 6.45) is 0.838. The summed E-state index contributed by atoms with van der Waals surface area (Å²) in [6, 6.07) is 4.69. The van der Waals surface area contributed by atoms with Crippen LogP contribution in [-0.4, -0.2) is 12.8 Å². The number of likely N-dealkylation sites (N-methyl/N-ethyl adjacent to an activating group) is 1. The fourth-order valence-corrected chi connectivity index (χ4v) is 1.54. The second-order valence-electron chi connectivity index (χ2n) is 3.12. The Bertz CT molecular complexity index is 314. The summed E-state index contributed by atoms with van der Waals surface area (Å²) >= 11 is 0. The van der Waals surface area contributed by atoms with Crippen LogP contribution in [-0.2, 0) is 6.42 Å². The Morgan fingerprint density at radius 2 is 2.46 bits per heavy atom. The van der Waals surface area contributed by atoms with E-state index in [4.69, 9.17) is 4.74 Å². The lowest BCUT2D eigenvalue weighted by atomic mass is 10.1. The Morgan fingerprint density at radius 3 is 3.23 bits per heavy atom. The van der Waals surface area contributed by atoms with Gasteiger partial charge < -0.3 is 4.74 Å². The molecule has 0 aromatic heterocycles. The molecule has 0 radical (unpaired) electrons. The average Bonchev–Trinajstić information content (AvgIpc) is 2.46. The summed E-state index contributed by atoms with van der Waals surface area (Å²) in [5.74, 6) is 0.432. The highest BCUT2D eigenvalue weighted by atomic mass is 19.1. The number of hydrogen-bond donors (Lipinski definition) is 1. The third kappa shape index (κ3) is 1.65. The molecule has 2 nitrogen and oxygen atoms in total. The zero-order chi connectivity index (χ0) is 9.26. The molecule has 0 amide bonds. The smallest absolute Gasteiger partial charge is 0.154 e. The second kappa shape index (κ2) is 3.34. The lowest BCUT2D eigenvalue weighted by Gasteiger charge is -2.09. The van der Waals surface area contributed by atoms with Crippen LogP contribution >= 0.6 is 0 Å². The van der Waals surface area contributed by atoms with Gasteiger partial charge in [0, 0.05) is 12.5 Å². The molecule has 2 rings (SSSR count). The highest BCUT2D eigenvalue weighted by Crippen LogP contribution is 2.28. The standard InChI is InChI=1S/C10H12FNO/c1-2-12-10-5-7-3-4-8(11)6-9(7)13-10/h3-4,6,10,12H,2,5H2,1H3. The summed E-state index contributed by atoms with van der Waals surface area (Å²) in [5.41, 5.74) is 1.08. The predicted octanol–water partition coefficient (Wildman–Crippen LogP) is 1.70. The van der Waals surface area contributed by atoms with Crippen LogP contribution in [0, 0.1) is 5.82 Å². The third-order valence-electron chi connectivity index (χ3n) is 2.14. The largest absolute Gasteiger partial charge is 0.475 e. The van der Waals surface area contributed by atoms with Gasteiger partial charge in [0.25, 0.3) is 0 Å². The molecule has 1 atom stereocenters. The fraction of sp³-hybridized carbons (Fsp3) is 0.400. The zero-order valence-corrected chi connectivity index (χ0v) is 7.51. The van der Waals surface area contributed by atoms with Crippen LogP contribution in [0.5, 0.6) is 5.75 Å². The zero-order valence-electron chi connectivity index (χ0n) is 7.51. The van der Waals surface area contributed by atoms with Crippen LogP contribution in [0.2, 0.25) is 0 Å². The Kier molecular flexibility index (Phi) is 2.19. The summed E-state index contributed by atoms with van der Waals surface area (Å²) in [7, 11) is 0. The summed E-state index contributed by atoms with van der Waals surface area (Å²) < 4.78 is 18.3. The molecule has 0 fully saturated rings.